The minimum atomic E-state index is -0.400. The fourth-order valence-electron chi connectivity index (χ4n) is 2.44. The number of nitrogens with zero attached hydrogens (tertiary/aromatic N) is 1. The van der Waals surface area contributed by atoms with Crippen LogP contribution >= 0.6 is 11.8 Å². The van der Waals surface area contributed by atoms with Gasteiger partial charge in [-0.05, 0) is 18.6 Å². The van der Waals surface area contributed by atoms with Crippen molar-refractivity contribution in [3.63, 3.8) is 0 Å². The second-order valence-corrected chi connectivity index (χ2v) is 6.67. The first-order valence-electron chi connectivity index (χ1n) is 7.84. The summed E-state index contributed by atoms with van der Waals surface area (Å²) in [7, 11) is 0. The fraction of sp³-hybridized carbons (Fsp3) is 0.294. The van der Waals surface area contributed by atoms with Crippen LogP contribution in [0.25, 0.3) is 11.0 Å². The Morgan fingerprint density at radius 1 is 1.25 bits per heavy atom. The monoisotopic (exact) mass is 344 g/mol. The molecule has 24 heavy (non-hydrogen) atoms. The molecule has 1 atom stereocenters. The number of hydrogen-bond acceptors (Lipinski definition) is 5. The highest BCUT2D eigenvalue weighted by molar-refractivity contribution is 7.99. The predicted octanol–water partition coefficient (Wildman–Crippen LogP) is 1.88. The van der Waals surface area contributed by atoms with E-state index in [-0.39, 0.29) is 5.56 Å². The van der Waals surface area contributed by atoms with E-state index in [4.69, 9.17) is 0 Å². The molecule has 7 heteroatoms. The Morgan fingerprint density at radius 3 is 2.92 bits per heavy atom. The lowest BCUT2D eigenvalue weighted by Crippen LogP contribution is -2.26. The Balaban J connectivity index is 1.42. The zero-order chi connectivity index (χ0) is 16.8. The molecule has 0 aliphatic carbocycles. The molecule has 3 aromatic rings. The lowest BCUT2D eigenvalue weighted by Gasteiger charge is -2.11. The van der Waals surface area contributed by atoms with Crippen LogP contribution in [0.1, 0.15) is 12.0 Å². The van der Waals surface area contributed by atoms with Crippen LogP contribution < -0.4 is 10.9 Å². The Kier molecular flexibility index (Phi) is 5.68. The molecule has 0 spiro atoms. The van der Waals surface area contributed by atoms with Gasteiger partial charge in [0.1, 0.15) is 5.52 Å². The highest BCUT2D eigenvalue weighted by Gasteiger charge is 2.09. The summed E-state index contributed by atoms with van der Waals surface area (Å²) in [6, 6.07) is 10.2. The molecule has 0 fully saturated rings. The van der Waals surface area contributed by atoms with Crippen LogP contribution in [-0.2, 0) is 6.54 Å². The summed E-state index contributed by atoms with van der Waals surface area (Å²) in [5.74, 6) is 0.872. The molecule has 0 unspecified atom stereocenters. The number of fused-ring (bicyclic) bond motifs is 1. The van der Waals surface area contributed by atoms with E-state index in [1.54, 1.807) is 18.0 Å². The van der Waals surface area contributed by atoms with E-state index >= 15 is 0 Å². The number of benzene rings is 1. The molecule has 2 heterocycles. The minimum Gasteiger partial charge on any atom is -0.392 e. The number of H-pyrrole nitrogens is 2. The molecule has 6 nitrogen and oxygen atoms in total. The number of thioether (sulfide) groups is 1. The summed E-state index contributed by atoms with van der Waals surface area (Å²) in [6.45, 7) is 1.06. The quantitative estimate of drug-likeness (QED) is 0.468. The van der Waals surface area contributed by atoms with E-state index in [9.17, 15) is 9.90 Å². The Bertz CT molecular complexity index is 831. The van der Waals surface area contributed by atoms with Gasteiger partial charge in [0.2, 0.25) is 0 Å². The zero-order valence-electron chi connectivity index (χ0n) is 13.2. The second kappa shape index (κ2) is 8.14. The molecule has 0 aliphatic rings. The molecular formula is C17H20N4O2S. The topological polar surface area (TPSA) is 93.8 Å². The van der Waals surface area contributed by atoms with Crippen molar-refractivity contribution < 1.29 is 5.11 Å². The number of aliphatic hydroxyl groups excluding tert-OH is 1. The average Bonchev–Trinajstić information content (AvgIpc) is 3.01. The van der Waals surface area contributed by atoms with E-state index in [1.807, 2.05) is 18.2 Å². The van der Waals surface area contributed by atoms with Crippen LogP contribution in [0.2, 0.25) is 0 Å². The van der Waals surface area contributed by atoms with Gasteiger partial charge in [-0.1, -0.05) is 18.2 Å². The molecule has 0 amide bonds. The molecular weight excluding hydrogens is 324 g/mol. The summed E-state index contributed by atoms with van der Waals surface area (Å²) in [5.41, 5.74) is 1.89. The minimum absolute atomic E-state index is 0.177. The van der Waals surface area contributed by atoms with Crippen LogP contribution in [0.4, 0.5) is 0 Å². The first-order valence-corrected chi connectivity index (χ1v) is 8.83. The maximum atomic E-state index is 11.6. The second-order valence-electron chi connectivity index (χ2n) is 5.50. The zero-order valence-corrected chi connectivity index (χ0v) is 14.0. The van der Waals surface area contributed by atoms with Gasteiger partial charge in [-0.25, -0.2) is 4.98 Å². The highest BCUT2D eigenvalue weighted by Crippen LogP contribution is 2.18. The van der Waals surface area contributed by atoms with E-state index < -0.39 is 6.10 Å². The largest absolute Gasteiger partial charge is 0.392 e. The Labute approximate surface area is 143 Å². The van der Waals surface area contributed by atoms with Crippen molar-refractivity contribution in [2.24, 2.45) is 0 Å². The number of aromatic amines is 2. The first kappa shape index (κ1) is 16.8. The number of hydrogen-bond donors (Lipinski definition) is 4. The molecule has 4 N–H and O–H groups in total. The van der Waals surface area contributed by atoms with Crippen LogP contribution in [0.3, 0.4) is 0 Å². The average molecular weight is 344 g/mol. The van der Waals surface area contributed by atoms with Crippen LogP contribution in [0.5, 0.6) is 0 Å². The van der Waals surface area contributed by atoms with Crippen molar-refractivity contribution in [1.82, 2.24) is 20.3 Å². The van der Waals surface area contributed by atoms with Gasteiger partial charge in [-0.2, -0.15) is 0 Å². The third-order valence-electron chi connectivity index (χ3n) is 3.71. The molecule has 0 bridgehead atoms. The van der Waals surface area contributed by atoms with Crippen LogP contribution in [0.15, 0.2) is 52.5 Å². The molecule has 126 valence electrons. The molecule has 3 rings (SSSR count). The van der Waals surface area contributed by atoms with Crippen molar-refractivity contribution in [3.05, 3.63) is 58.8 Å². The van der Waals surface area contributed by atoms with Gasteiger partial charge in [0.25, 0.3) is 5.56 Å². The summed E-state index contributed by atoms with van der Waals surface area (Å²) in [5, 5.41) is 13.3. The molecule has 0 aliphatic heterocycles. The summed E-state index contributed by atoms with van der Waals surface area (Å²) >= 11 is 1.74. The fourth-order valence-corrected chi connectivity index (χ4v) is 3.42. The van der Waals surface area contributed by atoms with Gasteiger partial charge in [0, 0.05) is 35.5 Å². The van der Waals surface area contributed by atoms with Gasteiger partial charge >= 0.3 is 0 Å². The Morgan fingerprint density at radius 2 is 2.08 bits per heavy atom. The molecule has 0 saturated heterocycles. The van der Waals surface area contributed by atoms with Gasteiger partial charge in [0.05, 0.1) is 17.9 Å². The standard InChI is InChI=1S/C17H20N4O2S/c22-13(6-7-24-14-4-2-1-3-5-14)10-18-8-12-9-19-16-15(12)20-11-21-17(16)23/h1-5,9,11,13,18-19,22H,6-8,10H2,(H,20,21,23)/t13-/m1/s1. The SMILES string of the molecule is O=c1[nH]cnc2c(CNC[C@H](O)CCSc3ccccc3)c[nH]c12. The van der Waals surface area contributed by atoms with Gasteiger partial charge in [-0.15, -0.1) is 11.8 Å². The van der Waals surface area contributed by atoms with E-state index in [2.05, 4.69) is 32.4 Å². The van der Waals surface area contributed by atoms with Crippen LogP contribution in [-0.4, -0.2) is 38.5 Å². The predicted molar refractivity (Wildman–Crippen MR) is 96.2 cm³/mol. The van der Waals surface area contributed by atoms with Crippen molar-refractivity contribution in [3.8, 4) is 0 Å². The van der Waals surface area contributed by atoms with Crippen molar-refractivity contribution in [2.45, 2.75) is 24.0 Å². The third-order valence-corrected chi connectivity index (χ3v) is 4.75. The summed E-state index contributed by atoms with van der Waals surface area (Å²) in [6.07, 6.45) is 3.50. The van der Waals surface area contributed by atoms with Crippen molar-refractivity contribution in [2.75, 3.05) is 12.3 Å². The summed E-state index contributed by atoms with van der Waals surface area (Å²) in [4.78, 5) is 22.5. The first-order chi connectivity index (χ1) is 11.7. The number of nitrogens with one attached hydrogen (secondary N) is 3. The smallest absolute Gasteiger partial charge is 0.275 e. The maximum absolute atomic E-state index is 11.6. The summed E-state index contributed by atoms with van der Waals surface area (Å²) < 4.78 is 0. The van der Waals surface area contributed by atoms with Gasteiger partial charge < -0.3 is 20.4 Å². The highest BCUT2D eigenvalue weighted by atomic mass is 32.2. The van der Waals surface area contributed by atoms with Crippen molar-refractivity contribution in [1.29, 1.82) is 0 Å². The lowest BCUT2D eigenvalue weighted by molar-refractivity contribution is 0.168. The normalized spacial score (nSPS) is 12.5. The Hall–Kier alpha value is -2.09. The molecule has 0 radical (unpaired) electrons. The van der Waals surface area contributed by atoms with Crippen molar-refractivity contribution >= 4 is 22.8 Å². The third kappa shape index (κ3) is 4.25. The van der Waals surface area contributed by atoms with Gasteiger partial charge in [-0.3, -0.25) is 4.79 Å². The number of rotatable bonds is 8. The van der Waals surface area contributed by atoms with Crippen LogP contribution in [0, 0.1) is 0 Å². The lowest BCUT2D eigenvalue weighted by atomic mass is 10.2. The number of aliphatic hydroxyl groups is 1. The number of aromatic nitrogens is 3. The molecule has 2 aromatic heterocycles. The molecule has 1 aromatic carbocycles. The maximum Gasteiger partial charge on any atom is 0.275 e. The van der Waals surface area contributed by atoms with Gasteiger partial charge in [0.15, 0.2) is 0 Å². The van der Waals surface area contributed by atoms with E-state index in [0.29, 0.717) is 24.1 Å². The molecule has 0 saturated carbocycles. The van der Waals surface area contributed by atoms with E-state index in [0.717, 1.165) is 17.7 Å². The van der Waals surface area contributed by atoms with E-state index in [1.165, 1.54) is 11.2 Å².